The fourth-order valence-electron chi connectivity index (χ4n) is 1.81. The highest BCUT2D eigenvalue weighted by atomic mass is 16.6. The van der Waals surface area contributed by atoms with Crippen LogP contribution in [-0.4, -0.2) is 12.0 Å². The second-order valence-electron chi connectivity index (χ2n) is 3.70. The molecule has 2 aromatic rings. The van der Waals surface area contributed by atoms with Crippen LogP contribution in [0.2, 0.25) is 0 Å². The molecule has 18 heavy (non-hydrogen) atoms. The summed E-state index contributed by atoms with van der Waals surface area (Å²) < 4.78 is 5.23. The number of nitro benzene ring substituents is 1. The van der Waals surface area contributed by atoms with Crippen molar-refractivity contribution in [3.63, 3.8) is 0 Å². The molecule has 0 atom stereocenters. The molecule has 0 heterocycles. The first-order valence-corrected chi connectivity index (χ1v) is 5.31. The Balaban J connectivity index is 2.64. The number of para-hydroxylation sites is 2. The van der Waals surface area contributed by atoms with Crippen LogP contribution in [0.3, 0.4) is 0 Å². The molecule has 2 rings (SSSR count). The van der Waals surface area contributed by atoms with E-state index in [-0.39, 0.29) is 11.4 Å². The normalized spacial score (nSPS) is 10.1. The van der Waals surface area contributed by atoms with Crippen molar-refractivity contribution in [1.82, 2.24) is 0 Å². The molecule has 0 unspecified atom stereocenters. The number of ether oxygens (including phenoxy) is 1. The van der Waals surface area contributed by atoms with Crippen LogP contribution in [0, 0.1) is 10.1 Å². The molecule has 0 aromatic heterocycles. The highest BCUT2D eigenvalue weighted by Gasteiger charge is 2.17. The van der Waals surface area contributed by atoms with E-state index in [1.54, 1.807) is 25.3 Å². The van der Waals surface area contributed by atoms with Crippen molar-refractivity contribution >= 4 is 11.4 Å². The minimum absolute atomic E-state index is 0.0987. The van der Waals surface area contributed by atoms with Crippen molar-refractivity contribution in [2.75, 3.05) is 12.8 Å². The van der Waals surface area contributed by atoms with Crippen LogP contribution < -0.4 is 10.5 Å². The Bertz CT molecular complexity index is 597. The number of nitrogens with two attached hydrogens (primary N) is 1. The average Bonchev–Trinajstić information content (AvgIpc) is 2.38. The molecular formula is C13H12N2O3. The van der Waals surface area contributed by atoms with Gasteiger partial charge in [-0.2, -0.15) is 0 Å². The summed E-state index contributed by atoms with van der Waals surface area (Å²) in [6.07, 6.45) is 0. The Morgan fingerprint density at radius 1 is 1.11 bits per heavy atom. The highest BCUT2D eigenvalue weighted by molar-refractivity contribution is 5.85. The van der Waals surface area contributed by atoms with Gasteiger partial charge in [0.05, 0.1) is 12.0 Å². The van der Waals surface area contributed by atoms with E-state index in [0.29, 0.717) is 11.3 Å². The first-order chi connectivity index (χ1) is 8.65. The summed E-state index contributed by atoms with van der Waals surface area (Å²) in [6, 6.07) is 12.0. The third kappa shape index (κ3) is 1.98. The average molecular weight is 244 g/mol. The van der Waals surface area contributed by atoms with Crippen molar-refractivity contribution in [1.29, 1.82) is 0 Å². The number of nitrogen functional groups attached to an aromatic ring is 1. The number of nitro groups is 1. The van der Waals surface area contributed by atoms with E-state index in [1.807, 2.05) is 18.2 Å². The molecule has 0 fully saturated rings. The molecule has 0 radical (unpaired) electrons. The van der Waals surface area contributed by atoms with Crippen LogP contribution in [0.15, 0.2) is 42.5 Å². The number of methoxy groups -OCH3 is 1. The van der Waals surface area contributed by atoms with Gasteiger partial charge in [-0.3, -0.25) is 10.1 Å². The first-order valence-electron chi connectivity index (χ1n) is 5.31. The summed E-state index contributed by atoms with van der Waals surface area (Å²) in [6.45, 7) is 0. The maximum atomic E-state index is 10.9. The Labute approximate surface area is 104 Å². The van der Waals surface area contributed by atoms with Gasteiger partial charge in [0.1, 0.15) is 11.4 Å². The second kappa shape index (κ2) is 4.75. The third-order valence-electron chi connectivity index (χ3n) is 2.68. The van der Waals surface area contributed by atoms with Gasteiger partial charge in [-0.25, -0.2) is 0 Å². The number of anilines is 1. The molecule has 0 aliphatic heterocycles. The fourth-order valence-corrected chi connectivity index (χ4v) is 1.81. The van der Waals surface area contributed by atoms with E-state index in [0.717, 1.165) is 5.56 Å². The molecule has 0 aliphatic carbocycles. The topological polar surface area (TPSA) is 78.4 Å². The number of nitrogens with zero attached hydrogens (tertiary/aromatic N) is 1. The first kappa shape index (κ1) is 11.9. The highest BCUT2D eigenvalue weighted by Crippen LogP contribution is 2.37. The lowest BCUT2D eigenvalue weighted by atomic mass is 10.0. The Morgan fingerprint density at radius 3 is 2.44 bits per heavy atom. The maximum absolute atomic E-state index is 10.9. The summed E-state index contributed by atoms with van der Waals surface area (Å²) in [5, 5.41) is 10.9. The number of benzene rings is 2. The molecule has 0 spiro atoms. The number of hydrogen-bond donors (Lipinski definition) is 1. The van der Waals surface area contributed by atoms with E-state index in [2.05, 4.69) is 0 Å². The van der Waals surface area contributed by atoms with Crippen LogP contribution in [0.4, 0.5) is 11.4 Å². The summed E-state index contributed by atoms with van der Waals surface area (Å²) in [5.41, 5.74) is 7.23. The molecule has 0 bridgehead atoms. The second-order valence-corrected chi connectivity index (χ2v) is 3.70. The minimum atomic E-state index is -0.492. The predicted molar refractivity (Wildman–Crippen MR) is 69.5 cm³/mol. The lowest BCUT2D eigenvalue weighted by molar-refractivity contribution is -0.383. The van der Waals surface area contributed by atoms with Gasteiger partial charge in [0.25, 0.3) is 5.69 Å². The van der Waals surface area contributed by atoms with Gasteiger partial charge in [-0.05, 0) is 6.07 Å². The monoisotopic (exact) mass is 244 g/mol. The minimum Gasteiger partial charge on any atom is -0.496 e. The molecule has 0 amide bonds. The largest absolute Gasteiger partial charge is 0.496 e. The van der Waals surface area contributed by atoms with Crippen LogP contribution >= 0.6 is 0 Å². The molecule has 2 aromatic carbocycles. The predicted octanol–water partition coefficient (Wildman–Crippen LogP) is 2.85. The van der Waals surface area contributed by atoms with Crippen LogP contribution in [0.1, 0.15) is 0 Å². The Hall–Kier alpha value is -2.56. The fraction of sp³-hybridized carbons (Fsp3) is 0.0769. The van der Waals surface area contributed by atoms with Crippen LogP contribution in [0.5, 0.6) is 5.75 Å². The van der Waals surface area contributed by atoms with Gasteiger partial charge >= 0.3 is 0 Å². The smallest absolute Gasteiger partial charge is 0.292 e. The van der Waals surface area contributed by atoms with E-state index < -0.39 is 4.92 Å². The van der Waals surface area contributed by atoms with Crippen molar-refractivity contribution in [2.45, 2.75) is 0 Å². The van der Waals surface area contributed by atoms with E-state index in [9.17, 15) is 10.1 Å². The Kier molecular flexibility index (Phi) is 3.14. The van der Waals surface area contributed by atoms with Crippen LogP contribution in [-0.2, 0) is 0 Å². The zero-order valence-corrected chi connectivity index (χ0v) is 9.79. The van der Waals surface area contributed by atoms with Crippen molar-refractivity contribution < 1.29 is 9.66 Å². The molecule has 0 saturated heterocycles. The molecular weight excluding hydrogens is 232 g/mol. The Morgan fingerprint density at radius 2 is 1.78 bits per heavy atom. The molecule has 0 saturated carbocycles. The van der Waals surface area contributed by atoms with Gasteiger partial charge < -0.3 is 10.5 Å². The van der Waals surface area contributed by atoms with Gasteiger partial charge in [0, 0.05) is 17.2 Å². The SMILES string of the molecule is COc1ccccc1-c1cccc([N+](=O)[O-])c1N. The number of hydrogen-bond acceptors (Lipinski definition) is 4. The third-order valence-corrected chi connectivity index (χ3v) is 2.68. The molecule has 2 N–H and O–H groups in total. The summed E-state index contributed by atoms with van der Waals surface area (Å²) in [4.78, 5) is 10.4. The molecule has 5 nitrogen and oxygen atoms in total. The van der Waals surface area contributed by atoms with Crippen molar-refractivity contribution in [3.8, 4) is 16.9 Å². The summed E-state index contributed by atoms with van der Waals surface area (Å²) >= 11 is 0. The van der Waals surface area contributed by atoms with Gasteiger partial charge in [0.2, 0.25) is 0 Å². The van der Waals surface area contributed by atoms with E-state index in [1.165, 1.54) is 6.07 Å². The molecule has 92 valence electrons. The van der Waals surface area contributed by atoms with Crippen LogP contribution in [0.25, 0.3) is 11.1 Å². The van der Waals surface area contributed by atoms with Gasteiger partial charge in [-0.1, -0.05) is 30.3 Å². The van der Waals surface area contributed by atoms with E-state index >= 15 is 0 Å². The standard InChI is InChI=1S/C13H12N2O3/c1-18-12-8-3-2-5-9(12)10-6-4-7-11(13(10)14)15(16)17/h2-8H,14H2,1H3. The van der Waals surface area contributed by atoms with Gasteiger partial charge in [0.15, 0.2) is 0 Å². The zero-order valence-electron chi connectivity index (χ0n) is 9.79. The lowest BCUT2D eigenvalue weighted by Crippen LogP contribution is -1.98. The number of rotatable bonds is 3. The van der Waals surface area contributed by atoms with Gasteiger partial charge in [-0.15, -0.1) is 0 Å². The van der Waals surface area contributed by atoms with Crippen molar-refractivity contribution in [2.24, 2.45) is 0 Å². The lowest BCUT2D eigenvalue weighted by Gasteiger charge is -2.10. The molecule has 0 aliphatic rings. The maximum Gasteiger partial charge on any atom is 0.292 e. The zero-order chi connectivity index (χ0) is 13.1. The van der Waals surface area contributed by atoms with Crippen molar-refractivity contribution in [3.05, 3.63) is 52.6 Å². The molecule has 5 heteroatoms. The summed E-state index contributed by atoms with van der Waals surface area (Å²) in [7, 11) is 1.55. The quantitative estimate of drug-likeness (QED) is 0.511. The van der Waals surface area contributed by atoms with E-state index in [4.69, 9.17) is 10.5 Å². The summed E-state index contributed by atoms with van der Waals surface area (Å²) in [5.74, 6) is 0.629.